The van der Waals surface area contributed by atoms with Crippen LogP contribution < -0.4 is 21.3 Å². The van der Waals surface area contributed by atoms with Gasteiger partial charge in [0.15, 0.2) is 0 Å². The lowest BCUT2D eigenvalue weighted by molar-refractivity contribution is -0.127. The van der Waals surface area contributed by atoms with Gasteiger partial charge >= 0.3 is 6.09 Å². The molecule has 0 fully saturated rings. The largest absolute Gasteiger partial charge is 0.449 e. The molecule has 0 saturated carbocycles. The number of amides is 4. The third-order valence-electron chi connectivity index (χ3n) is 4.35. The summed E-state index contributed by atoms with van der Waals surface area (Å²) in [6.07, 6.45) is 0.917. The molecule has 0 unspecified atom stereocenters. The minimum atomic E-state index is -0.771. The van der Waals surface area contributed by atoms with Crippen LogP contribution in [-0.4, -0.2) is 87.8 Å². The van der Waals surface area contributed by atoms with Gasteiger partial charge in [0.25, 0.3) is 0 Å². The molecule has 0 aromatic carbocycles. The van der Waals surface area contributed by atoms with Crippen LogP contribution in [0.2, 0.25) is 0 Å². The lowest BCUT2D eigenvalue weighted by Crippen LogP contribution is -2.44. The number of rotatable bonds is 16. The highest BCUT2D eigenvalue weighted by Gasteiger charge is 2.22. The summed E-state index contributed by atoms with van der Waals surface area (Å²) in [5.74, 6) is -1.74. The lowest BCUT2D eigenvalue weighted by Gasteiger charge is -2.28. The molecule has 12 nitrogen and oxygen atoms in total. The molecule has 0 heterocycles. The minimum absolute atomic E-state index is 0.0999. The molecule has 0 aliphatic rings. The third kappa shape index (κ3) is 16.0. The van der Waals surface area contributed by atoms with Crippen molar-refractivity contribution in [2.45, 2.75) is 51.7 Å². The van der Waals surface area contributed by atoms with Gasteiger partial charge in [0.1, 0.15) is 12.8 Å². The van der Waals surface area contributed by atoms with Crippen LogP contribution in [0.4, 0.5) is 4.79 Å². The minimum Gasteiger partial charge on any atom is -0.449 e. The highest BCUT2D eigenvalue weighted by Crippen LogP contribution is 2.18. The van der Waals surface area contributed by atoms with Crippen LogP contribution in [0, 0.1) is 0 Å². The van der Waals surface area contributed by atoms with Gasteiger partial charge in [0.05, 0.1) is 44.1 Å². The molecular formula is C20H36N4O8. The Morgan fingerprint density at radius 3 is 1.78 bits per heavy atom. The molecule has 0 bridgehead atoms. The Bertz CT molecular complexity index is 637. The van der Waals surface area contributed by atoms with Gasteiger partial charge in [0, 0.05) is 13.5 Å². The Morgan fingerprint density at radius 1 is 0.750 bits per heavy atom. The van der Waals surface area contributed by atoms with Crippen molar-refractivity contribution in [1.29, 1.82) is 0 Å². The molecule has 0 aliphatic heterocycles. The zero-order valence-electron chi connectivity index (χ0n) is 19.5. The Morgan fingerprint density at radius 2 is 1.25 bits per heavy atom. The molecule has 4 N–H and O–H groups in total. The van der Waals surface area contributed by atoms with Crippen LogP contribution >= 0.6 is 0 Å². The van der Waals surface area contributed by atoms with E-state index in [0.29, 0.717) is 19.3 Å². The second-order valence-corrected chi connectivity index (χ2v) is 8.09. The summed E-state index contributed by atoms with van der Waals surface area (Å²) in [5.41, 5.74) is -0.779. The summed E-state index contributed by atoms with van der Waals surface area (Å²) in [5, 5.41) is 9.08. The second kappa shape index (κ2) is 15.1. The first-order valence-corrected chi connectivity index (χ1v) is 10.2. The molecule has 0 atom stereocenters. The summed E-state index contributed by atoms with van der Waals surface area (Å²) in [7, 11) is 1.65. The van der Waals surface area contributed by atoms with Crippen LogP contribution in [0.3, 0.4) is 0 Å². The van der Waals surface area contributed by atoms with Crippen LogP contribution in [0.5, 0.6) is 0 Å². The van der Waals surface area contributed by atoms with E-state index in [0.717, 1.165) is 6.42 Å². The summed E-state index contributed by atoms with van der Waals surface area (Å²) in [6.45, 7) is 7.09. The smallest absolute Gasteiger partial charge is 0.407 e. The molecular weight excluding hydrogens is 424 g/mol. The maximum absolute atomic E-state index is 11.7. The zero-order chi connectivity index (χ0) is 24.6. The maximum atomic E-state index is 11.7. The number of methoxy groups -OCH3 is 1. The summed E-state index contributed by atoms with van der Waals surface area (Å²) in [4.78, 5) is 56.3. The number of aldehydes is 1. The van der Waals surface area contributed by atoms with E-state index in [1.54, 1.807) is 7.11 Å². The first kappa shape index (κ1) is 29.3. The van der Waals surface area contributed by atoms with Gasteiger partial charge in [0.2, 0.25) is 17.7 Å². The fraction of sp³-hybridized carbons (Fsp3) is 0.750. The fourth-order valence-electron chi connectivity index (χ4n) is 2.04. The van der Waals surface area contributed by atoms with E-state index in [2.05, 4.69) is 21.3 Å². The topological polar surface area (TPSA) is 161 Å². The summed E-state index contributed by atoms with van der Waals surface area (Å²) >= 11 is 0. The van der Waals surface area contributed by atoms with Crippen LogP contribution in [0.1, 0.15) is 40.5 Å². The first-order valence-electron chi connectivity index (χ1n) is 10.2. The van der Waals surface area contributed by atoms with Gasteiger partial charge < -0.3 is 40.3 Å². The van der Waals surface area contributed by atoms with E-state index in [4.69, 9.17) is 14.2 Å². The molecule has 4 amide bonds. The van der Waals surface area contributed by atoms with Gasteiger partial charge in [-0.3, -0.25) is 14.4 Å². The zero-order valence-corrected chi connectivity index (χ0v) is 19.5. The Labute approximate surface area is 188 Å². The standard InChI is InChI=1S/C20H36N4O8/c1-19(2,30-5)7-11-32-20(3,4)6-10-31-18(29)24-14-17(28)23-13-16(27)22-12-15(26)21-8-9-25/h9H,6-8,10-14H2,1-5H3,(H,21,26)(H,22,27)(H,23,28)(H,24,29). The van der Waals surface area contributed by atoms with Crippen molar-refractivity contribution < 1.29 is 38.2 Å². The highest BCUT2D eigenvalue weighted by molar-refractivity contribution is 5.89. The van der Waals surface area contributed by atoms with Crippen molar-refractivity contribution in [1.82, 2.24) is 21.3 Å². The van der Waals surface area contributed by atoms with Gasteiger partial charge in [-0.15, -0.1) is 0 Å². The van der Waals surface area contributed by atoms with E-state index in [9.17, 15) is 24.0 Å². The van der Waals surface area contributed by atoms with Crippen molar-refractivity contribution in [3.8, 4) is 0 Å². The van der Waals surface area contributed by atoms with Crippen molar-refractivity contribution in [3.63, 3.8) is 0 Å². The van der Waals surface area contributed by atoms with Crippen LogP contribution in [0.15, 0.2) is 0 Å². The average Bonchev–Trinajstić information content (AvgIpc) is 2.72. The number of hydrogen-bond acceptors (Lipinski definition) is 8. The lowest BCUT2D eigenvalue weighted by atomic mass is 10.0. The second-order valence-electron chi connectivity index (χ2n) is 8.09. The quantitative estimate of drug-likeness (QED) is 0.219. The average molecular weight is 461 g/mol. The normalized spacial score (nSPS) is 11.3. The van der Waals surface area contributed by atoms with Crippen LogP contribution in [-0.2, 0) is 33.4 Å². The highest BCUT2D eigenvalue weighted by atomic mass is 16.6. The van der Waals surface area contributed by atoms with Crippen molar-refractivity contribution in [3.05, 3.63) is 0 Å². The number of carbonyl (C=O) groups is 5. The molecule has 12 heteroatoms. The van der Waals surface area contributed by atoms with Crippen molar-refractivity contribution in [2.24, 2.45) is 0 Å². The molecule has 32 heavy (non-hydrogen) atoms. The number of hydrogen-bond donors (Lipinski definition) is 4. The molecule has 0 aromatic rings. The Balaban J connectivity index is 3.94. The van der Waals surface area contributed by atoms with E-state index < -0.39 is 29.4 Å². The monoisotopic (exact) mass is 460 g/mol. The van der Waals surface area contributed by atoms with E-state index >= 15 is 0 Å². The SMILES string of the molecule is COC(C)(C)CCOC(C)(C)CCOC(=O)NCC(=O)NCC(=O)NCC(=O)NCC=O. The van der Waals surface area contributed by atoms with E-state index in [1.165, 1.54) is 0 Å². The molecule has 0 rings (SSSR count). The van der Waals surface area contributed by atoms with E-state index in [1.807, 2.05) is 27.7 Å². The van der Waals surface area contributed by atoms with Gasteiger partial charge in [-0.2, -0.15) is 0 Å². The predicted octanol–water partition coefficient (Wildman–Crippen LogP) is -0.739. The van der Waals surface area contributed by atoms with E-state index in [-0.39, 0.29) is 38.4 Å². The maximum Gasteiger partial charge on any atom is 0.407 e. The van der Waals surface area contributed by atoms with Crippen molar-refractivity contribution >= 4 is 30.1 Å². The predicted molar refractivity (Wildman–Crippen MR) is 115 cm³/mol. The molecule has 0 aliphatic carbocycles. The molecule has 0 radical (unpaired) electrons. The van der Waals surface area contributed by atoms with Gasteiger partial charge in [-0.25, -0.2) is 4.79 Å². The molecule has 0 aromatic heterocycles. The number of nitrogens with one attached hydrogen (secondary N) is 4. The Kier molecular flexibility index (Phi) is 13.8. The molecule has 184 valence electrons. The van der Waals surface area contributed by atoms with Crippen molar-refractivity contribution in [2.75, 3.05) is 46.5 Å². The van der Waals surface area contributed by atoms with Crippen LogP contribution in [0.25, 0.3) is 0 Å². The van der Waals surface area contributed by atoms with Gasteiger partial charge in [-0.05, 0) is 34.1 Å². The number of carbonyl (C=O) groups excluding carboxylic acids is 5. The van der Waals surface area contributed by atoms with Gasteiger partial charge in [-0.1, -0.05) is 0 Å². The third-order valence-corrected chi connectivity index (χ3v) is 4.35. The summed E-state index contributed by atoms with van der Waals surface area (Å²) in [6, 6.07) is 0. The first-order chi connectivity index (χ1) is 14.9. The number of ether oxygens (including phenoxy) is 3. The molecule has 0 spiro atoms. The molecule has 0 saturated heterocycles. The fourth-order valence-corrected chi connectivity index (χ4v) is 2.04. The Hall–Kier alpha value is -2.73. The summed E-state index contributed by atoms with van der Waals surface area (Å²) < 4.78 is 16.2. The number of alkyl carbamates (subject to hydrolysis) is 1.